The number of aryl methyl sites for hydroxylation is 1. The lowest BCUT2D eigenvalue weighted by atomic mass is 10.1. The molecular formula is C23H29N3O4S. The molecule has 3 rings (SSSR count). The maximum atomic E-state index is 13.1. The molecule has 1 atom stereocenters. The second-order valence-corrected chi connectivity index (χ2v) is 9.82. The standard InChI is InChI=1S/C23H29N3O4S/c1-17-10-9-11-19(16-17)26(31(3,29)30)18(2)22(27)24-21-13-6-5-12-20(21)23(28)25-14-7-4-8-15-25/h5-6,9-13,16,18H,4,7-8,14-15H2,1-3H3,(H,24,27)/t18-/m0/s1. The highest BCUT2D eigenvalue weighted by molar-refractivity contribution is 7.92. The quantitative estimate of drug-likeness (QED) is 0.741. The number of rotatable bonds is 6. The van der Waals surface area contributed by atoms with Gasteiger partial charge in [-0.3, -0.25) is 13.9 Å². The van der Waals surface area contributed by atoms with Gasteiger partial charge in [-0.05, 0) is 62.9 Å². The van der Waals surface area contributed by atoms with Gasteiger partial charge in [-0.1, -0.05) is 24.3 Å². The van der Waals surface area contributed by atoms with Crippen LogP contribution in [0, 0.1) is 6.92 Å². The van der Waals surface area contributed by atoms with Gasteiger partial charge >= 0.3 is 0 Å². The molecule has 0 aromatic heterocycles. The minimum atomic E-state index is -3.72. The summed E-state index contributed by atoms with van der Waals surface area (Å²) in [5, 5.41) is 2.77. The molecule has 1 aliphatic heterocycles. The van der Waals surface area contributed by atoms with Crippen molar-refractivity contribution in [2.24, 2.45) is 0 Å². The van der Waals surface area contributed by atoms with Gasteiger partial charge in [0.2, 0.25) is 15.9 Å². The van der Waals surface area contributed by atoms with E-state index in [0.717, 1.165) is 35.4 Å². The lowest BCUT2D eigenvalue weighted by Gasteiger charge is -2.29. The monoisotopic (exact) mass is 443 g/mol. The zero-order chi connectivity index (χ0) is 22.6. The molecule has 1 fully saturated rings. The molecule has 7 nitrogen and oxygen atoms in total. The number of nitrogens with zero attached hydrogens (tertiary/aromatic N) is 2. The summed E-state index contributed by atoms with van der Waals surface area (Å²) in [6, 6.07) is 12.8. The molecule has 1 aliphatic rings. The van der Waals surface area contributed by atoms with Gasteiger partial charge in [0.15, 0.2) is 0 Å². The summed E-state index contributed by atoms with van der Waals surface area (Å²) in [7, 11) is -3.72. The summed E-state index contributed by atoms with van der Waals surface area (Å²) < 4.78 is 26.1. The van der Waals surface area contributed by atoms with E-state index in [1.807, 2.05) is 13.0 Å². The van der Waals surface area contributed by atoms with Crippen LogP contribution in [0.25, 0.3) is 0 Å². The number of carbonyl (C=O) groups is 2. The molecule has 0 bridgehead atoms. The van der Waals surface area contributed by atoms with Crippen LogP contribution in [-0.2, 0) is 14.8 Å². The predicted octanol–water partition coefficient (Wildman–Crippen LogP) is 3.41. The van der Waals surface area contributed by atoms with Gasteiger partial charge in [-0.25, -0.2) is 8.42 Å². The third kappa shape index (κ3) is 5.44. The maximum absolute atomic E-state index is 13.1. The first-order valence-electron chi connectivity index (χ1n) is 10.4. The van der Waals surface area contributed by atoms with Crippen molar-refractivity contribution in [2.75, 3.05) is 29.0 Å². The van der Waals surface area contributed by atoms with Crippen molar-refractivity contribution in [3.8, 4) is 0 Å². The van der Waals surface area contributed by atoms with E-state index in [-0.39, 0.29) is 5.91 Å². The average Bonchev–Trinajstić information content (AvgIpc) is 2.73. The lowest BCUT2D eigenvalue weighted by molar-refractivity contribution is -0.116. The van der Waals surface area contributed by atoms with Crippen LogP contribution in [0.1, 0.15) is 42.1 Å². The first-order valence-corrected chi connectivity index (χ1v) is 12.3. The van der Waals surface area contributed by atoms with Gasteiger partial charge < -0.3 is 10.2 Å². The van der Waals surface area contributed by atoms with Crippen LogP contribution in [0.3, 0.4) is 0 Å². The second kappa shape index (κ2) is 9.51. The Balaban J connectivity index is 1.85. The van der Waals surface area contributed by atoms with Crippen LogP contribution < -0.4 is 9.62 Å². The highest BCUT2D eigenvalue weighted by Crippen LogP contribution is 2.24. The predicted molar refractivity (Wildman–Crippen MR) is 123 cm³/mol. The number of hydrogen-bond donors (Lipinski definition) is 1. The molecule has 0 saturated carbocycles. The van der Waals surface area contributed by atoms with Gasteiger partial charge in [-0.15, -0.1) is 0 Å². The van der Waals surface area contributed by atoms with E-state index in [0.29, 0.717) is 30.0 Å². The van der Waals surface area contributed by atoms with Crippen LogP contribution in [0.15, 0.2) is 48.5 Å². The molecule has 1 N–H and O–H groups in total. The first kappa shape index (κ1) is 22.8. The minimum Gasteiger partial charge on any atom is -0.339 e. The first-order chi connectivity index (χ1) is 14.7. The van der Waals surface area contributed by atoms with Crippen LogP contribution in [0.5, 0.6) is 0 Å². The van der Waals surface area contributed by atoms with Gasteiger partial charge in [-0.2, -0.15) is 0 Å². The van der Waals surface area contributed by atoms with Gasteiger partial charge in [0, 0.05) is 13.1 Å². The molecule has 8 heteroatoms. The summed E-state index contributed by atoms with van der Waals surface area (Å²) >= 11 is 0. The number of piperidine rings is 1. The van der Waals surface area contributed by atoms with Gasteiger partial charge in [0.1, 0.15) is 6.04 Å². The van der Waals surface area contributed by atoms with Crippen molar-refractivity contribution in [3.63, 3.8) is 0 Å². The van der Waals surface area contributed by atoms with Crippen molar-refractivity contribution < 1.29 is 18.0 Å². The Morgan fingerprint density at radius 2 is 1.71 bits per heavy atom. The van der Waals surface area contributed by atoms with Crippen LogP contribution in [0.4, 0.5) is 11.4 Å². The number of anilines is 2. The van der Waals surface area contributed by atoms with Crippen molar-refractivity contribution >= 4 is 33.2 Å². The number of likely N-dealkylation sites (tertiary alicyclic amines) is 1. The Labute approximate surface area is 184 Å². The molecule has 1 saturated heterocycles. The van der Waals surface area contributed by atoms with E-state index in [1.165, 1.54) is 6.92 Å². The number of carbonyl (C=O) groups excluding carboxylic acids is 2. The summed E-state index contributed by atoms with van der Waals surface area (Å²) in [6.07, 6.45) is 4.13. The smallest absolute Gasteiger partial charge is 0.255 e. The highest BCUT2D eigenvalue weighted by Gasteiger charge is 2.30. The molecule has 2 amide bonds. The molecule has 0 spiro atoms. The van der Waals surface area contributed by atoms with E-state index >= 15 is 0 Å². The fourth-order valence-corrected chi connectivity index (χ4v) is 5.02. The van der Waals surface area contributed by atoms with Crippen LogP contribution >= 0.6 is 0 Å². The van der Waals surface area contributed by atoms with Gasteiger partial charge in [0.05, 0.1) is 23.2 Å². The Morgan fingerprint density at radius 3 is 2.35 bits per heavy atom. The maximum Gasteiger partial charge on any atom is 0.255 e. The van der Waals surface area contributed by atoms with E-state index in [4.69, 9.17) is 0 Å². The number of benzene rings is 2. The fraction of sp³-hybridized carbons (Fsp3) is 0.391. The molecule has 0 radical (unpaired) electrons. The Morgan fingerprint density at radius 1 is 1.03 bits per heavy atom. The Hall–Kier alpha value is -2.87. The molecule has 0 aliphatic carbocycles. The summed E-state index contributed by atoms with van der Waals surface area (Å²) in [5.74, 6) is -0.632. The number of para-hydroxylation sites is 1. The fourth-order valence-electron chi connectivity index (χ4n) is 3.86. The van der Waals surface area contributed by atoms with Crippen molar-refractivity contribution in [3.05, 3.63) is 59.7 Å². The van der Waals surface area contributed by atoms with E-state index < -0.39 is 22.0 Å². The second-order valence-electron chi connectivity index (χ2n) is 7.96. The summed E-state index contributed by atoms with van der Waals surface area (Å²) in [4.78, 5) is 27.9. The number of sulfonamides is 1. The lowest BCUT2D eigenvalue weighted by Crippen LogP contribution is -2.45. The summed E-state index contributed by atoms with van der Waals surface area (Å²) in [5.41, 5.74) is 2.10. The molecule has 2 aromatic carbocycles. The minimum absolute atomic E-state index is 0.123. The van der Waals surface area contributed by atoms with E-state index in [2.05, 4.69) is 5.32 Å². The molecule has 31 heavy (non-hydrogen) atoms. The van der Waals surface area contributed by atoms with Crippen LogP contribution in [-0.4, -0.2) is 50.5 Å². The normalized spacial score (nSPS) is 15.3. The zero-order valence-electron chi connectivity index (χ0n) is 18.2. The van der Waals surface area contributed by atoms with Crippen molar-refractivity contribution in [2.45, 2.75) is 39.2 Å². The zero-order valence-corrected chi connectivity index (χ0v) is 19.0. The highest BCUT2D eigenvalue weighted by atomic mass is 32.2. The molecule has 166 valence electrons. The molecule has 1 heterocycles. The topological polar surface area (TPSA) is 86.8 Å². The average molecular weight is 444 g/mol. The summed E-state index contributed by atoms with van der Waals surface area (Å²) in [6.45, 7) is 4.80. The number of nitrogens with one attached hydrogen (secondary N) is 1. The third-order valence-corrected chi connectivity index (χ3v) is 6.64. The Bertz CT molecular complexity index is 1060. The van der Waals surface area contributed by atoms with Crippen molar-refractivity contribution in [1.29, 1.82) is 0 Å². The van der Waals surface area contributed by atoms with E-state index in [1.54, 1.807) is 47.4 Å². The molecular weight excluding hydrogens is 414 g/mol. The molecule has 2 aromatic rings. The Kier molecular flexibility index (Phi) is 7.00. The SMILES string of the molecule is Cc1cccc(N([C@@H](C)C(=O)Nc2ccccc2C(=O)N2CCCCC2)S(C)(=O)=O)c1. The number of hydrogen-bond acceptors (Lipinski definition) is 4. The third-order valence-electron chi connectivity index (χ3n) is 5.40. The molecule has 0 unspecified atom stereocenters. The van der Waals surface area contributed by atoms with Crippen molar-refractivity contribution in [1.82, 2.24) is 4.90 Å². The van der Waals surface area contributed by atoms with Gasteiger partial charge in [0.25, 0.3) is 5.91 Å². The van der Waals surface area contributed by atoms with E-state index in [9.17, 15) is 18.0 Å². The largest absolute Gasteiger partial charge is 0.339 e. The number of amides is 2. The van der Waals surface area contributed by atoms with Crippen LogP contribution in [0.2, 0.25) is 0 Å².